The number of hydrogen-bond donors (Lipinski definition) is 0. The summed E-state index contributed by atoms with van der Waals surface area (Å²) in [4.78, 5) is 7.49. The van der Waals surface area contributed by atoms with Gasteiger partial charge in [-0.3, -0.25) is 0 Å². The second-order valence-electron chi connectivity index (χ2n) is 4.50. The fourth-order valence-electron chi connectivity index (χ4n) is 2.02. The lowest BCUT2D eigenvalue weighted by molar-refractivity contribution is 0.194. The zero-order valence-corrected chi connectivity index (χ0v) is 10.5. The summed E-state index contributed by atoms with van der Waals surface area (Å²) in [5.41, 5.74) is 0. The number of likely N-dealkylation sites (tertiary alicyclic amines) is 1. The Morgan fingerprint density at radius 3 is 2.94 bits per heavy atom. The first-order valence-electron chi connectivity index (χ1n) is 5.85. The maximum atomic E-state index is 8.71. The fraction of sp³-hybridized carbons (Fsp3) is 0.667. The molecule has 3 nitrogen and oxygen atoms in total. The summed E-state index contributed by atoms with van der Waals surface area (Å²) < 4.78 is 0. The van der Waals surface area contributed by atoms with E-state index in [9.17, 15) is 0 Å². The van der Waals surface area contributed by atoms with Crippen molar-refractivity contribution in [2.45, 2.75) is 26.2 Å². The van der Waals surface area contributed by atoms with Crippen molar-refractivity contribution in [1.29, 1.82) is 5.26 Å². The minimum Gasteiger partial charge on any atom is -0.303 e. The van der Waals surface area contributed by atoms with Crippen LogP contribution in [0.4, 0.5) is 0 Å². The molecule has 0 spiro atoms. The molecule has 1 fully saturated rings. The molecule has 4 heteroatoms. The standard InChI is InChI=1S/C12H17N3S/c1-10-2-5-15(6-3-10)7-4-12-14-9-11(8-13)16-12/h9-10H,2-7H2,1H3. The summed E-state index contributed by atoms with van der Waals surface area (Å²) in [6.45, 7) is 5.86. The van der Waals surface area contributed by atoms with Gasteiger partial charge in [0.2, 0.25) is 0 Å². The summed E-state index contributed by atoms with van der Waals surface area (Å²) in [5, 5.41) is 9.80. The van der Waals surface area contributed by atoms with E-state index in [1.165, 1.54) is 37.3 Å². The van der Waals surface area contributed by atoms with E-state index >= 15 is 0 Å². The topological polar surface area (TPSA) is 39.9 Å². The lowest BCUT2D eigenvalue weighted by Gasteiger charge is -2.29. The molecule has 86 valence electrons. The maximum absolute atomic E-state index is 8.71. The first-order chi connectivity index (χ1) is 7.78. The third-order valence-corrected chi connectivity index (χ3v) is 4.14. The molecular weight excluding hydrogens is 218 g/mol. The largest absolute Gasteiger partial charge is 0.303 e. The van der Waals surface area contributed by atoms with Crippen molar-refractivity contribution in [2.24, 2.45) is 5.92 Å². The molecule has 1 saturated heterocycles. The van der Waals surface area contributed by atoms with Crippen molar-refractivity contribution >= 4 is 11.3 Å². The minimum absolute atomic E-state index is 0.724. The highest BCUT2D eigenvalue weighted by Gasteiger charge is 2.15. The molecule has 0 bridgehead atoms. The van der Waals surface area contributed by atoms with Crippen LogP contribution in [0.5, 0.6) is 0 Å². The molecule has 0 unspecified atom stereocenters. The highest BCUT2D eigenvalue weighted by atomic mass is 32.1. The Hall–Kier alpha value is -0.920. The predicted octanol–water partition coefficient (Wildman–Crippen LogP) is 2.29. The van der Waals surface area contributed by atoms with Crippen LogP contribution in [0.25, 0.3) is 0 Å². The van der Waals surface area contributed by atoms with Crippen LogP contribution in [0.2, 0.25) is 0 Å². The third kappa shape index (κ3) is 3.03. The Bertz CT molecular complexity index is 372. The van der Waals surface area contributed by atoms with E-state index in [4.69, 9.17) is 5.26 Å². The molecule has 1 aliphatic heterocycles. The average molecular weight is 235 g/mol. The number of thiazole rings is 1. The van der Waals surface area contributed by atoms with Gasteiger partial charge in [0.05, 0.1) is 11.2 Å². The van der Waals surface area contributed by atoms with Crippen molar-refractivity contribution in [3.63, 3.8) is 0 Å². The Morgan fingerprint density at radius 2 is 2.31 bits per heavy atom. The smallest absolute Gasteiger partial charge is 0.124 e. The van der Waals surface area contributed by atoms with Crippen LogP contribution in [0.1, 0.15) is 29.7 Å². The predicted molar refractivity (Wildman–Crippen MR) is 65.4 cm³/mol. The third-order valence-electron chi connectivity index (χ3n) is 3.18. The Morgan fingerprint density at radius 1 is 1.56 bits per heavy atom. The molecule has 1 aromatic rings. The SMILES string of the molecule is CC1CCN(CCc2ncc(C#N)s2)CC1. The van der Waals surface area contributed by atoms with Gasteiger partial charge < -0.3 is 4.90 Å². The van der Waals surface area contributed by atoms with Gasteiger partial charge in [0.1, 0.15) is 10.9 Å². The molecule has 0 radical (unpaired) electrons. The molecule has 0 aromatic carbocycles. The highest BCUT2D eigenvalue weighted by molar-refractivity contribution is 7.12. The van der Waals surface area contributed by atoms with Crippen molar-refractivity contribution in [3.05, 3.63) is 16.1 Å². The van der Waals surface area contributed by atoms with E-state index in [0.717, 1.165) is 28.8 Å². The minimum atomic E-state index is 0.724. The summed E-state index contributed by atoms with van der Waals surface area (Å²) in [7, 11) is 0. The van der Waals surface area contributed by atoms with Gasteiger partial charge in [-0.1, -0.05) is 6.92 Å². The zero-order chi connectivity index (χ0) is 11.4. The quantitative estimate of drug-likeness (QED) is 0.807. The van der Waals surface area contributed by atoms with Crippen LogP contribution in [-0.4, -0.2) is 29.5 Å². The molecule has 1 aromatic heterocycles. The van der Waals surface area contributed by atoms with Crippen molar-refractivity contribution < 1.29 is 0 Å². The maximum Gasteiger partial charge on any atom is 0.124 e. The van der Waals surface area contributed by atoms with E-state index < -0.39 is 0 Å². The van der Waals surface area contributed by atoms with Gasteiger partial charge in [0.25, 0.3) is 0 Å². The number of rotatable bonds is 3. The van der Waals surface area contributed by atoms with Gasteiger partial charge in [0.15, 0.2) is 0 Å². The van der Waals surface area contributed by atoms with E-state index in [-0.39, 0.29) is 0 Å². The van der Waals surface area contributed by atoms with E-state index in [1.807, 2.05) is 0 Å². The second kappa shape index (κ2) is 5.42. The molecule has 0 atom stereocenters. The number of piperidine rings is 1. The zero-order valence-electron chi connectivity index (χ0n) is 9.65. The average Bonchev–Trinajstić information content (AvgIpc) is 2.76. The Kier molecular flexibility index (Phi) is 3.92. The van der Waals surface area contributed by atoms with Crippen LogP contribution in [-0.2, 0) is 6.42 Å². The van der Waals surface area contributed by atoms with Gasteiger partial charge in [-0.2, -0.15) is 5.26 Å². The molecule has 0 aliphatic carbocycles. The summed E-state index contributed by atoms with van der Waals surface area (Å²) in [6, 6.07) is 2.13. The van der Waals surface area contributed by atoms with Gasteiger partial charge in [0, 0.05) is 13.0 Å². The number of nitriles is 1. The molecular formula is C12H17N3S. The fourth-order valence-corrected chi connectivity index (χ4v) is 2.72. The number of hydrogen-bond acceptors (Lipinski definition) is 4. The lowest BCUT2D eigenvalue weighted by atomic mass is 9.99. The molecule has 2 heterocycles. The van der Waals surface area contributed by atoms with Gasteiger partial charge in [-0.15, -0.1) is 11.3 Å². The van der Waals surface area contributed by atoms with Crippen molar-refractivity contribution in [2.75, 3.05) is 19.6 Å². The molecule has 2 rings (SSSR count). The van der Waals surface area contributed by atoms with E-state index in [0.29, 0.717) is 0 Å². The first-order valence-corrected chi connectivity index (χ1v) is 6.66. The summed E-state index contributed by atoms with van der Waals surface area (Å²) >= 11 is 1.52. The van der Waals surface area contributed by atoms with E-state index in [1.54, 1.807) is 6.20 Å². The van der Waals surface area contributed by atoms with Crippen LogP contribution in [0.3, 0.4) is 0 Å². The summed E-state index contributed by atoms with van der Waals surface area (Å²) in [5.74, 6) is 0.890. The normalized spacial score (nSPS) is 18.5. The molecule has 0 N–H and O–H groups in total. The van der Waals surface area contributed by atoms with Crippen LogP contribution in [0.15, 0.2) is 6.20 Å². The summed E-state index contributed by atoms with van der Waals surface area (Å²) in [6.07, 6.45) is 5.31. The molecule has 0 saturated carbocycles. The molecule has 0 amide bonds. The molecule has 16 heavy (non-hydrogen) atoms. The van der Waals surface area contributed by atoms with Crippen LogP contribution >= 0.6 is 11.3 Å². The van der Waals surface area contributed by atoms with Gasteiger partial charge in [-0.05, 0) is 31.8 Å². The first kappa shape index (κ1) is 11.6. The van der Waals surface area contributed by atoms with Crippen molar-refractivity contribution in [3.8, 4) is 6.07 Å². The van der Waals surface area contributed by atoms with Crippen molar-refractivity contribution in [1.82, 2.24) is 9.88 Å². The monoisotopic (exact) mass is 235 g/mol. The van der Waals surface area contributed by atoms with E-state index in [2.05, 4.69) is 22.9 Å². The second-order valence-corrected chi connectivity index (χ2v) is 5.62. The van der Waals surface area contributed by atoms with Crippen LogP contribution in [0, 0.1) is 17.2 Å². The highest BCUT2D eigenvalue weighted by Crippen LogP contribution is 2.17. The van der Waals surface area contributed by atoms with Gasteiger partial charge >= 0.3 is 0 Å². The van der Waals surface area contributed by atoms with Crippen LogP contribution < -0.4 is 0 Å². The van der Waals surface area contributed by atoms with Gasteiger partial charge in [-0.25, -0.2) is 4.98 Å². The number of nitrogens with zero attached hydrogens (tertiary/aromatic N) is 3. The lowest BCUT2D eigenvalue weighted by Crippen LogP contribution is -2.34. The Labute approximate surface area is 101 Å². The number of aromatic nitrogens is 1. The Balaban J connectivity index is 1.77. The molecule has 1 aliphatic rings.